The van der Waals surface area contributed by atoms with E-state index in [0.717, 1.165) is 5.56 Å². The van der Waals surface area contributed by atoms with Gasteiger partial charge in [0, 0.05) is 17.8 Å². The van der Waals surface area contributed by atoms with Gasteiger partial charge in [0.25, 0.3) is 0 Å². The molecule has 0 saturated heterocycles. The average Bonchev–Trinajstić information content (AvgIpc) is 2.81. The fourth-order valence-electron chi connectivity index (χ4n) is 2.82. The van der Waals surface area contributed by atoms with Crippen LogP contribution in [0, 0.1) is 0 Å². The number of nitrogens with one attached hydrogen (secondary N) is 2. The van der Waals surface area contributed by atoms with E-state index in [2.05, 4.69) is 35.5 Å². The number of alkyl halides is 3. The van der Waals surface area contributed by atoms with Crippen molar-refractivity contribution in [2.75, 3.05) is 10.7 Å². The van der Waals surface area contributed by atoms with Crippen molar-refractivity contribution in [2.45, 2.75) is 6.36 Å². The number of rotatable bonds is 7. The minimum absolute atomic E-state index is 0.200. The summed E-state index contributed by atoms with van der Waals surface area (Å²) in [4.78, 5) is 13.1. The van der Waals surface area contributed by atoms with Crippen LogP contribution in [0.5, 0.6) is 5.75 Å². The van der Waals surface area contributed by atoms with Gasteiger partial charge in [0.15, 0.2) is 0 Å². The third-order valence-corrected chi connectivity index (χ3v) is 4.49. The van der Waals surface area contributed by atoms with Gasteiger partial charge in [-0.25, -0.2) is 15.4 Å². The molecule has 0 atom stereocenters. The Morgan fingerprint density at radius 2 is 1.68 bits per heavy atom. The van der Waals surface area contributed by atoms with Gasteiger partial charge in [-0.15, -0.1) is 13.2 Å². The molecule has 0 saturated carbocycles. The number of pyridine rings is 1. The second-order valence-electron chi connectivity index (χ2n) is 6.80. The van der Waals surface area contributed by atoms with E-state index in [4.69, 9.17) is 11.6 Å². The van der Waals surface area contributed by atoms with E-state index >= 15 is 0 Å². The first-order chi connectivity index (χ1) is 16.3. The minimum atomic E-state index is -4.74. The highest BCUT2D eigenvalue weighted by atomic mass is 35.5. The average molecular weight is 485 g/mol. The van der Waals surface area contributed by atoms with Gasteiger partial charge in [0.1, 0.15) is 17.4 Å². The lowest BCUT2D eigenvalue weighted by atomic mass is 10.1. The molecule has 11 heteroatoms. The fourth-order valence-corrected chi connectivity index (χ4v) is 2.93. The van der Waals surface area contributed by atoms with Crippen LogP contribution < -0.4 is 15.5 Å². The van der Waals surface area contributed by atoms with Gasteiger partial charge in [0.2, 0.25) is 5.95 Å². The molecule has 34 heavy (non-hydrogen) atoms. The Kier molecular flexibility index (Phi) is 6.88. The lowest BCUT2D eigenvalue weighted by molar-refractivity contribution is -0.274. The zero-order chi connectivity index (χ0) is 24.0. The Labute approximate surface area is 197 Å². The van der Waals surface area contributed by atoms with E-state index in [0.29, 0.717) is 27.9 Å². The number of hydrazone groups is 1. The molecule has 0 unspecified atom stereocenters. The monoisotopic (exact) mass is 484 g/mol. The summed E-state index contributed by atoms with van der Waals surface area (Å²) in [7, 11) is 0. The Morgan fingerprint density at radius 3 is 2.35 bits per heavy atom. The van der Waals surface area contributed by atoms with Crippen LogP contribution in [0.15, 0.2) is 84.1 Å². The normalized spacial score (nSPS) is 11.4. The lowest BCUT2D eigenvalue weighted by Gasteiger charge is -2.10. The SMILES string of the molecule is FC(F)(F)Oc1ccc(/C=N/Nc2nc(Nc3ccc(Cl)cn3)cc(-c3ccccc3)n2)cc1. The molecule has 4 rings (SSSR count). The topological polar surface area (TPSA) is 84.3 Å². The van der Waals surface area contributed by atoms with Crippen LogP contribution in [0.4, 0.5) is 30.8 Å². The van der Waals surface area contributed by atoms with E-state index in [-0.39, 0.29) is 11.7 Å². The Morgan fingerprint density at radius 1 is 0.912 bits per heavy atom. The quantitative estimate of drug-likeness (QED) is 0.237. The van der Waals surface area contributed by atoms with Crippen molar-refractivity contribution < 1.29 is 17.9 Å². The molecule has 0 fully saturated rings. The Balaban J connectivity index is 1.53. The van der Waals surface area contributed by atoms with Crippen LogP contribution in [-0.4, -0.2) is 27.5 Å². The molecule has 2 aromatic heterocycles. The highest BCUT2D eigenvalue weighted by Crippen LogP contribution is 2.24. The third-order valence-electron chi connectivity index (χ3n) is 4.27. The number of benzene rings is 2. The third kappa shape index (κ3) is 6.66. The Bertz CT molecular complexity index is 1270. The maximum atomic E-state index is 12.3. The number of halogens is 4. The first-order valence-electron chi connectivity index (χ1n) is 9.82. The number of hydrogen-bond acceptors (Lipinski definition) is 7. The van der Waals surface area contributed by atoms with Crippen LogP contribution in [0.2, 0.25) is 5.02 Å². The van der Waals surface area contributed by atoms with Crippen LogP contribution in [-0.2, 0) is 0 Å². The summed E-state index contributed by atoms with van der Waals surface area (Å²) in [5.74, 6) is 0.891. The maximum Gasteiger partial charge on any atom is 0.573 e. The summed E-state index contributed by atoms with van der Waals surface area (Å²) < 4.78 is 40.7. The largest absolute Gasteiger partial charge is 0.573 e. The fraction of sp³-hybridized carbons (Fsp3) is 0.0435. The lowest BCUT2D eigenvalue weighted by Crippen LogP contribution is -2.17. The van der Waals surface area contributed by atoms with Gasteiger partial charge in [-0.3, -0.25) is 0 Å². The second kappa shape index (κ2) is 10.2. The number of ether oxygens (including phenoxy) is 1. The van der Waals surface area contributed by atoms with Gasteiger partial charge in [-0.05, 0) is 42.0 Å². The molecule has 0 spiro atoms. The molecule has 0 radical (unpaired) electrons. The number of nitrogens with zero attached hydrogens (tertiary/aromatic N) is 4. The van der Waals surface area contributed by atoms with E-state index in [1.807, 2.05) is 30.3 Å². The van der Waals surface area contributed by atoms with Crippen molar-refractivity contribution in [3.05, 3.63) is 89.6 Å². The molecule has 2 aromatic carbocycles. The van der Waals surface area contributed by atoms with Gasteiger partial charge >= 0.3 is 6.36 Å². The van der Waals surface area contributed by atoms with Crippen molar-refractivity contribution in [3.63, 3.8) is 0 Å². The van der Waals surface area contributed by atoms with Gasteiger partial charge < -0.3 is 10.1 Å². The van der Waals surface area contributed by atoms with Gasteiger partial charge in [-0.2, -0.15) is 10.1 Å². The Hall–Kier alpha value is -4.18. The van der Waals surface area contributed by atoms with Crippen molar-refractivity contribution in [2.24, 2.45) is 5.10 Å². The van der Waals surface area contributed by atoms with Crippen molar-refractivity contribution >= 4 is 35.4 Å². The van der Waals surface area contributed by atoms with Crippen LogP contribution in [0.25, 0.3) is 11.3 Å². The number of hydrogen-bond donors (Lipinski definition) is 2. The standard InChI is InChI=1S/C23H16ClF3N6O/c24-17-8-11-20(28-14-17)31-21-12-19(16-4-2-1-3-5-16)30-22(32-21)33-29-13-15-6-9-18(10-7-15)34-23(25,26)27/h1-14H,(H2,28,30,31,32,33)/b29-13+. The van der Waals surface area contributed by atoms with Crippen molar-refractivity contribution in [3.8, 4) is 17.0 Å². The van der Waals surface area contributed by atoms with Crippen molar-refractivity contribution in [1.29, 1.82) is 0 Å². The highest BCUT2D eigenvalue weighted by Gasteiger charge is 2.30. The smallest absolute Gasteiger partial charge is 0.406 e. The van der Waals surface area contributed by atoms with Crippen LogP contribution >= 0.6 is 11.6 Å². The predicted molar refractivity (Wildman–Crippen MR) is 124 cm³/mol. The van der Waals surface area contributed by atoms with E-state index in [1.54, 1.807) is 18.2 Å². The molecular formula is C23H16ClF3N6O. The zero-order valence-electron chi connectivity index (χ0n) is 17.3. The number of anilines is 3. The molecular weight excluding hydrogens is 469 g/mol. The van der Waals surface area contributed by atoms with E-state index in [1.165, 1.54) is 36.7 Å². The molecule has 4 aromatic rings. The number of aromatic nitrogens is 3. The van der Waals surface area contributed by atoms with Crippen LogP contribution in [0.1, 0.15) is 5.56 Å². The first-order valence-corrected chi connectivity index (χ1v) is 10.2. The van der Waals surface area contributed by atoms with E-state index < -0.39 is 6.36 Å². The maximum absolute atomic E-state index is 12.3. The predicted octanol–water partition coefficient (Wildman–Crippen LogP) is 6.28. The molecule has 0 amide bonds. The summed E-state index contributed by atoms with van der Waals surface area (Å²) in [5, 5.41) is 7.69. The zero-order valence-corrected chi connectivity index (χ0v) is 18.0. The second-order valence-corrected chi connectivity index (χ2v) is 7.24. The molecule has 0 bridgehead atoms. The van der Waals surface area contributed by atoms with Gasteiger partial charge in [0.05, 0.1) is 16.9 Å². The summed E-state index contributed by atoms with van der Waals surface area (Å²) >= 11 is 5.89. The molecule has 7 nitrogen and oxygen atoms in total. The first kappa shape index (κ1) is 23.0. The summed E-state index contributed by atoms with van der Waals surface area (Å²) in [6.45, 7) is 0. The summed E-state index contributed by atoms with van der Waals surface area (Å²) in [6, 6.07) is 19.9. The van der Waals surface area contributed by atoms with E-state index in [9.17, 15) is 13.2 Å². The summed E-state index contributed by atoms with van der Waals surface area (Å²) in [6.07, 6.45) is -1.81. The molecule has 2 N–H and O–H groups in total. The van der Waals surface area contributed by atoms with Crippen LogP contribution in [0.3, 0.4) is 0 Å². The summed E-state index contributed by atoms with van der Waals surface area (Å²) in [5.41, 5.74) is 4.79. The molecule has 0 aliphatic heterocycles. The van der Waals surface area contributed by atoms with Gasteiger partial charge in [-0.1, -0.05) is 41.9 Å². The highest BCUT2D eigenvalue weighted by molar-refractivity contribution is 6.30. The molecule has 0 aliphatic rings. The van der Waals surface area contributed by atoms with Crippen molar-refractivity contribution in [1.82, 2.24) is 15.0 Å². The molecule has 172 valence electrons. The minimum Gasteiger partial charge on any atom is -0.406 e. The molecule has 0 aliphatic carbocycles. The molecule has 2 heterocycles.